The minimum atomic E-state index is -1.34. The van der Waals surface area contributed by atoms with Crippen LogP contribution in [-0.2, 0) is 14.3 Å². The number of allylic oxidation sites excluding steroid dienone is 1. The highest BCUT2D eigenvalue weighted by Crippen LogP contribution is 2.62. The molecule has 57 heavy (non-hydrogen) atoms. The first-order valence-corrected chi connectivity index (χ1v) is 22.4. The summed E-state index contributed by atoms with van der Waals surface area (Å²) < 4.78 is 20.3. The molecule has 0 bridgehead atoms. The molecular weight excluding hydrogens is 721 g/mol. The summed E-state index contributed by atoms with van der Waals surface area (Å²) in [5.41, 5.74) is 2.06. The van der Waals surface area contributed by atoms with Crippen molar-refractivity contribution in [3.8, 4) is 11.5 Å². The molecule has 10 nitrogen and oxygen atoms in total. The first-order chi connectivity index (χ1) is 27.5. The van der Waals surface area contributed by atoms with Gasteiger partial charge in [-0.15, -0.1) is 6.58 Å². The minimum absolute atomic E-state index is 0.0894. The van der Waals surface area contributed by atoms with Crippen LogP contribution >= 0.6 is 0 Å². The van der Waals surface area contributed by atoms with Gasteiger partial charge in [-0.25, -0.2) is 4.79 Å². The Morgan fingerprint density at radius 1 is 0.947 bits per heavy atom. The Hall–Kier alpha value is -3.08. The number of carbonyl (C=O) groups is 1. The molecule has 10 heteroatoms. The number of carbonyl (C=O) groups excluding carboxylic acids is 1. The van der Waals surface area contributed by atoms with E-state index in [2.05, 4.69) is 26.5 Å². The van der Waals surface area contributed by atoms with Crippen LogP contribution in [0.15, 0.2) is 47.7 Å². The second-order valence-corrected chi connectivity index (χ2v) is 17.5. The third kappa shape index (κ3) is 12.7. The number of aliphatic hydroxyl groups is 2. The smallest absolute Gasteiger partial charge is 0.410 e. The van der Waals surface area contributed by atoms with Crippen molar-refractivity contribution in [2.45, 2.75) is 174 Å². The Bertz CT molecular complexity index is 1440. The number of hydrogen-bond donors (Lipinski definition) is 3. The quantitative estimate of drug-likeness (QED) is 0.0480. The molecule has 0 radical (unpaired) electrons. The number of nitrogens with zero attached hydrogens (tertiary/aromatic N) is 2. The summed E-state index contributed by atoms with van der Waals surface area (Å²) >= 11 is 0. The van der Waals surface area contributed by atoms with Gasteiger partial charge in [0, 0.05) is 37.7 Å². The topological polar surface area (TPSA) is 130 Å². The van der Waals surface area contributed by atoms with Crippen molar-refractivity contribution in [3.05, 3.63) is 48.1 Å². The van der Waals surface area contributed by atoms with Crippen molar-refractivity contribution in [3.63, 3.8) is 0 Å². The number of phenols is 1. The zero-order chi connectivity index (χ0) is 41.3. The lowest BCUT2D eigenvalue weighted by Crippen LogP contribution is -2.70. The lowest BCUT2D eigenvalue weighted by atomic mass is 9.55. The lowest BCUT2D eigenvalue weighted by molar-refractivity contribution is -0.255. The number of oxime groups is 1. The van der Waals surface area contributed by atoms with Gasteiger partial charge in [0.1, 0.15) is 23.1 Å². The van der Waals surface area contributed by atoms with Crippen molar-refractivity contribution < 1.29 is 39.2 Å². The van der Waals surface area contributed by atoms with Crippen molar-refractivity contribution >= 4 is 11.8 Å². The monoisotopic (exact) mass is 797 g/mol. The second-order valence-electron chi connectivity index (χ2n) is 17.5. The molecule has 1 fully saturated rings. The van der Waals surface area contributed by atoms with E-state index in [1.54, 1.807) is 17.0 Å². The van der Waals surface area contributed by atoms with Crippen LogP contribution in [0.5, 0.6) is 11.5 Å². The van der Waals surface area contributed by atoms with E-state index in [-0.39, 0.29) is 43.3 Å². The third-order valence-corrected chi connectivity index (χ3v) is 11.9. The van der Waals surface area contributed by atoms with E-state index in [1.165, 1.54) is 44.9 Å². The minimum Gasteiger partial charge on any atom is -0.508 e. The molecule has 322 valence electrons. The second kappa shape index (κ2) is 23.5. The number of hydrogen-bond acceptors (Lipinski definition) is 9. The normalized spacial score (nSPS) is 24.6. The van der Waals surface area contributed by atoms with Crippen LogP contribution in [0.2, 0.25) is 0 Å². The van der Waals surface area contributed by atoms with E-state index < -0.39 is 29.4 Å². The number of unbranched alkanes of at least 4 members (excludes halogenated alkanes) is 11. The first-order valence-electron chi connectivity index (χ1n) is 22.4. The predicted molar refractivity (Wildman–Crippen MR) is 228 cm³/mol. The van der Waals surface area contributed by atoms with Crippen molar-refractivity contribution in [1.29, 1.82) is 0 Å². The summed E-state index contributed by atoms with van der Waals surface area (Å²) in [5.74, 6) is -0.969. The standard InChI is InChI=1S/C47H76N2O8/c1-7-10-11-12-13-14-15-16-17-22-31-54-45(53)49(27-8-2)42-34-40(48-57-46(4,5)6)38-32-35(23-18-20-28-50)37(24-19-21-29-51)43-39-33-36(52)25-26-41(39)56-47(42,44(38)43)55-30-9-3/h9,25-26,32-33,35,37,42-44,50-52H,3,7-8,10-24,27-31,34H2,1-2,4-6H3/t35-,37+,42-,43+,44+,47+/m0/s1. The van der Waals surface area contributed by atoms with Gasteiger partial charge in [0.25, 0.3) is 0 Å². The molecule has 0 spiro atoms. The Morgan fingerprint density at radius 3 is 2.25 bits per heavy atom. The van der Waals surface area contributed by atoms with Crippen LogP contribution in [-0.4, -0.2) is 82.4 Å². The van der Waals surface area contributed by atoms with E-state index in [0.717, 1.165) is 61.8 Å². The van der Waals surface area contributed by atoms with E-state index in [1.807, 2.05) is 32.9 Å². The molecule has 2 aliphatic carbocycles. The molecule has 1 amide bonds. The number of aliphatic hydroxyl groups excluding tert-OH is 2. The van der Waals surface area contributed by atoms with Crippen LogP contribution in [0.4, 0.5) is 4.79 Å². The third-order valence-electron chi connectivity index (χ3n) is 11.9. The average Bonchev–Trinajstić information content (AvgIpc) is 3.18. The fourth-order valence-electron chi connectivity index (χ4n) is 9.30. The summed E-state index contributed by atoms with van der Waals surface area (Å²) in [5, 5.41) is 35.4. The Balaban J connectivity index is 1.77. The number of amides is 1. The molecular formula is C47H76N2O8. The fourth-order valence-corrected chi connectivity index (χ4v) is 9.30. The Morgan fingerprint density at radius 2 is 1.61 bits per heavy atom. The Kier molecular flexibility index (Phi) is 19.2. The molecule has 1 aliphatic heterocycles. The van der Waals surface area contributed by atoms with Gasteiger partial charge < -0.3 is 34.4 Å². The molecule has 1 saturated carbocycles. The maximum Gasteiger partial charge on any atom is 0.410 e. The number of rotatable bonds is 26. The zero-order valence-electron chi connectivity index (χ0n) is 36.0. The summed E-state index contributed by atoms with van der Waals surface area (Å²) in [6, 6.07) is 4.66. The molecule has 4 rings (SSSR count). The van der Waals surface area contributed by atoms with Gasteiger partial charge >= 0.3 is 6.09 Å². The summed E-state index contributed by atoms with van der Waals surface area (Å²) in [4.78, 5) is 22.4. The van der Waals surface area contributed by atoms with Crippen LogP contribution in [0.3, 0.4) is 0 Å². The highest BCUT2D eigenvalue weighted by atomic mass is 16.7. The number of aromatic hydroxyl groups is 1. The first kappa shape index (κ1) is 46.6. The number of ether oxygens (including phenoxy) is 3. The molecule has 6 atom stereocenters. The van der Waals surface area contributed by atoms with Crippen molar-refractivity contribution in [2.24, 2.45) is 22.9 Å². The molecule has 1 aromatic carbocycles. The van der Waals surface area contributed by atoms with Crippen LogP contribution in [0.25, 0.3) is 0 Å². The van der Waals surface area contributed by atoms with Gasteiger partial charge in [0.15, 0.2) is 0 Å². The van der Waals surface area contributed by atoms with Crippen LogP contribution in [0.1, 0.15) is 162 Å². The molecule has 0 aromatic heterocycles. The fraction of sp³-hybridized carbons (Fsp3) is 0.745. The Labute approximate surface area is 344 Å². The maximum atomic E-state index is 14.4. The van der Waals surface area contributed by atoms with Gasteiger partial charge in [-0.2, -0.15) is 0 Å². The number of fused-ring (bicyclic) bond motifs is 2. The molecule has 0 saturated heterocycles. The number of benzene rings is 1. The van der Waals surface area contributed by atoms with Crippen LogP contribution < -0.4 is 4.74 Å². The molecule has 3 N–H and O–H groups in total. The average molecular weight is 797 g/mol. The lowest BCUT2D eigenvalue weighted by Gasteiger charge is -2.60. The molecule has 1 aromatic rings. The van der Waals surface area contributed by atoms with Gasteiger partial charge in [-0.1, -0.05) is 102 Å². The van der Waals surface area contributed by atoms with Gasteiger partial charge in [0.2, 0.25) is 5.79 Å². The molecule has 3 aliphatic rings. The number of phenolic OH excluding ortho intramolecular Hbond substituents is 1. The highest BCUT2D eigenvalue weighted by molar-refractivity contribution is 6.03. The largest absolute Gasteiger partial charge is 0.508 e. The van der Waals surface area contributed by atoms with Crippen molar-refractivity contribution in [2.75, 3.05) is 33.0 Å². The SMILES string of the molecule is C=CCO[C@@]12Oc3ccc(O)cc3[C@H]3[C@H](CCCCO)[C@@H](CCCCO)C=C(C(=NOC(C)(C)C)C[C@@H]1N(CCC)C(=O)OCCCCCCCCCCCC)[C@H]32. The summed E-state index contributed by atoms with van der Waals surface area (Å²) in [6.07, 6.45) is 21.4. The zero-order valence-corrected chi connectivity index (χ0v) is 36.0. The van der Waals surface area contributed by atoms with Gasteiger partial charge in [0.05, 0.1) is 24.8 Å². The van der Waals surface area contributed by atoms with E-state index in [9.17, 15) is 20.1 Å². The molecule has 0 unspecified atom stereocenters. The highest BCUT2D eigenvalue weighted by Gasteiger charge is 2.65. The van der Waals surface area contributed by atoms with E-state index in [0.29, 0.717) is 44.6 Å². The maximum absolute atomic E-state index is 14.4. The summed E-state index contributed by atoms with van der Waals surface area (Å²) in [6.45, 7) is 15.4. The molecule has 1 heterocycles. The summed E-state index contributed by atoms with van der Waals surface area (Å²) in [7, 11) is 0. The van der Waals surface area contributed by atoms with Gasteiger partial charge in [-0.3, -0.25) is 4.90 Å². The van der Waals surface area contributed by atoms with Crippen molar-refractivity contribution in [1.82, 2.24) is 4.90 Å². The van der Waals surface area contributed by atoms with E-state index >= 15 is 0 Å². The van der Waals surface area contributed by atoms with Gasteiger partial charge in [-0.05, 0) is 94.9 Å². The predicted octanol–water partition coefficient (Wildman–Crippen LogP) is 10.6. The van der Waals surface area contributed by atoms with E-state index in [4.69, 9.17) is 24.2 Å². The van der Waals surface area contributed by atoms with Crippen LogP contribution in [0, 0.1) is 17.8 Å².